The Morgan fingerprint density at radius 2 is 2.09 bits per heavy atom. The molecule has 2 N–H and O–H groups in total. The molecule has 0 radical (unpaired) electrons. The van der Waals surface area contributed by atoms with Gasteiger partial charge in [0, 0.05) is 17.3 Å². The van der Waals surface area contributed by atoms with Crippen molar-refractivity contribution in [3.05, 3.63) is 35.0 Å². The van der Waals surface area contributed by atoms with Crippen LogP contribution in [0, 0.1) is 6.92 Å². The lowest BCUT2D eigenvalue weighted by Gasteiger charge is -2.11. The molecule has 0 unspecified atom stereocenters. The minimum absolute atomic E-state index is 0.517. The fourth-order valence-corrected chi connectivity index (χ4v) is 2.09. The monoisotopic (exact) mass is 320 g/mol. The van der Waals surface area contributed by atoms with Gasteiger partial charge in [-0.3, -0.25) is 0 Å². The minimum Gasteiger partial charge on any atom is -0.353 e. The summed E-state index contributed by atoms with van der Waals surface area (Å²) in [6.45, 7) is 3.78. The van der Waals surface area contributed by atoms with Gasteiger partial charge >= 0.3 is 0 Å². The van der Waals surface area contributed by atoms with Gasteiger partial charge in [-0.05, 0) is 51.7 Å². The van der Waals surface area contributed by atoms with Crippen molar-refractivity contribution in [1.29, 1.82) is 0 Å². The van der Waals surface area contributed by atoms with Crippen LogP contribution in [0.3, 0.4) is 0 Å². The van der Waals surface area contributed by atoms with Crippen LogP contribution >= 0.6 is 11.6 Å². The average molecular weight is 321 g/mol. The van der Waals surface area contributed by atoms with Crippen molar-refractivity contribution in [1.82, 2.24) is 20.1 Å². The molecule has 0 bridgehead atoms. The number of benzene rings is 1. The summed E-state index contributed by atoms with van der Waals surface area (Å²) in [5, 5.41) is 15.1. The van der Waals surface area contributed by atoms with Gasteiger partial charge in [-0.2, -0.15) is 10.1 Å². The van der Waals surface area contributed by atoms with Crippen molar-refractivity contribution < 1.29 is 0 Å². The second-order valence-electron chi connectivity index (χ2n) is 5.29. The summed E-state index contributed by atoms with van der Waals surface area (Å²) in [5.41, 5.74) is 1.88. The Morgan fingerprint density at radius 1 is 1.27 bits per heavy atom. The van der Waals surface area contributed by atoms with E-state index in [1.807, 2.05) is 25.1 Å². The van der Waals surface area contributed by atoms with Crippen molar-refractivity contribution in [2.75, 3.05) is 37.8 Å². The first kappa shape index (κ1) is 16.5. The summed E-state index contributed by atoms with van der Waals surface area (Å²) in [4.78, 5) is 6.54. The second-order valence-corrected chi connectivity index (χ2v) is 5.69. The molecule has 7 heteroatoms. The third-order valence-corrected chi connectivity index (χ3v) is 3.56. The third-order valence-electron chi connectivity index (χ3n) is 3.15. The fraction of sp³-hybridized carbons (Fsp3) is 0.400. The lowest BCUT2D eigenvalue weighted by atomic mass is 10.2. The van der Waals surface area contributed by atoms with Gasteiger partial charge in [0.15, 0.2) is 5.82 Å². The second kappa shape index (κ2) is 7.91. The minimum atomic E-state index is 0.517. The maximum Gasteiger partial charge on any atom is 0.244 e. The topological polar surface area (TPSA) is 66.0 Å². The maximum atomic E-state index is 6.12. The molecule has 118 valence electrons. The number of halogens is 1. The zero-order valence-electron chi connectivity index (χ0n) is 13.1. The molecule has 22 heavy (non-hydrogen) atoms. The molecule has 0 atom stereocenters. The van der Waals surface area contributed by atoms with E-state index >= 15 is 0 Å². The van der Waals surface area contributed by atoms with E-state index in [0.29, 0.717) is 16.8 Å². The lowest BCUT2D eigenvalue weighted by Crippen LogP contribution is -2.17. The van der Waals surface area contributed by atoms with Crippen LogP contribution in [-0.4, -0.2) is 47.3 Å². The van der Waals surface area contributed by atoms with E-state index in [1.165, 1.54) is 0 Å². The number of nitrogens with one attached hydrogen (secondary N) is 2. The molecule has 1 heterocycles. The molecule has 0 aliphatic heterocycles. The molecule has 0 saturated heterocycles. The Hall–Kier alpha value is -1.92. The Bertz CT molecular complexity index is 617. The van der Waals surface area contributed by atoms with Gasteiger partial charge in [0.05, 0.1) is 6.20 Å². The molecule has 0 spiro atoms. The third kappa shape index (κ3) is 4.82. The van der Waals surface area contributed by atoms with Gasteiger partial charge in [0.2, 0.25) is 5.95 Å². The highest BCUT2D eigenvalue weighted by Crippen LogP contribution is 2.25. The van der Waals surface area contributed by atoms with Crippen molar-refractivity contribution in [2.24, 2.45) is 0 Å². The van der Waals surface area contributed by atoms with Crippen molar-refractivity contribution in [2.45, 2.75) is 13.3 Å². The van der Waals surface area contributed by atoms with Crippen LogP contribution in [0.15, 0.2) is 24.4 Å². The molecule has 0 amide bonds. The smallest absolute Gasteiger partial charge is 0.244 e. The van der Waals surface area contributed by atoms with Crippen molar-refractivity contribution in [3.8, 4) is 0 Å². The highest BCUT2D eigenvalue weighted by Gasteiger charge is 2.05. The van der Waals surface area contributed by atoms with Gasteiger partial charge in [-0.25, -0.2) is 0 Å². The van der Waals surface area contributed by atoms with Crippen LogP contribution in [-0.2, 0) is 0 Å². The summed E-state index contributed by atoms with van der Waals surface area (Å²) in [5.74, 6) is 1.15. The van der Waals surface area contributed by atoms with Crippen molar-refractivity contribution in [3.63, 3.8) is 0 Å². The van der Waals surface area contributed by atoms with Crippen LogP contribution in [0.1, 0.15) is 12.0 Å². The largest absolute Gasteiger partial charge is 0.353 e. The zero-order valence-corrected chi connectivity index (χ0v) is 13.9. The molecular weight excluding hydrogens is 300 g/mol. The molecule has 0 aliphatic rings. The fourth-order valence-electron chi connectivity index (χ4n) is 1.92. The predicted octanol–water partition coefficient (Wildman–Crippen LogP) is 2.94. The van der Waals surface area contributed by atoms with Crippen LogP contribution in [0.25, 0.3) is 0 Å². The highest BCUT2D eigenvalue weighted by atomic mass is 35.5. The Kier molecular flexibility index (Phi) is 5.91. The molecule has 0 aliphatic carbocycles. The van der Waals surface area contributed by atoms with Gasteiger partial charge in [-0.1, -0.05) is 17.7 Å². The van der Waals surface area contributed by atoms with E-state index in [9.17, 15) is 0 Å². The number of rotatable bonds is 7. The molecule has 1 aromatic heterocycles. The van der Waals surface area contributed by atoms with Crippen LogP contribution in [0.5, 0.6) is 0 Å². The lowest BCUT2D eigenvalue weighted by molar-refractivity contribution is 0.405. The Labute approximate surface area is 135 Å². The molecule has 1 aromatic carbocycles. The van der Waals surface area contributed by atoms with E-state index in [4.69, 9.17) is 11.6 Å². The maximum absolute atomic E-state index is 6.12. The normalized spacial score (nSPS) is 10.8. The molecule has 2 rings (SSSR count). The summed E-state index contributed by atoms with van der Waals surface area (Å²) < 4.78 is 0. The summed E-state index contributed by atoms with van der Waals surface area (Å²) in [6, 6.07) is 5.71. The number of nitrogens with zero attached hydrogens (tertiary/aromatic N) is 4. The van der Waals surface area contributed by atoms with Gasteiger partial charge in [0.1, 0.15) is 0 Å². The van der Waals surface area contributed by atoms with Crippen LogP contribution in [0.4, 0.5) is 17.5 Å². The number of aromatic nitrogens is 3. The quantitative estimate of drug-likeness (QED) is 0.765. The van der Waals surface area contributed by atoms with E-state index in [0.717, 1.165) is 30.8 Å². The van der Waals surface area contributed by atoms with Crippen molar-refractivity contribution >= 4 is 29.1 Å². The number of anilines is 3. The van der Waals surface area contributed by atoms with Gasteiger partial charge < -0.3 is 15.5 Å². The van der Waals surface area contributed by atoms with Gasteiger partial charge in [0.25, 0.3) is 0 Å². The van der Waals surface area contributed by atoms with E-state index in [2.05, 4.69) is 44.8 Å². The van der Waals surface area contributed by atoms with E-state index < -0.39 is 0 Å². The van der Waals surface area contributed by atoms with Crippen LogP contribution < -0.4 is 10.6 Å². The standard InChI is InChI=1S/C15H21ClN6/c1-11-12(16)6-4-7-13(11)19-14-10-18-21-15(20-14)17-8-5-9-22(2)3/h4,6-7,10H,5,8-9H2,1-3H3,(H2,17,19,20,21). The van der Waals surface area contributed by atoms with Gasteiger partial charge in [-0.15, -0.1) is 5.10 Å². The molecule has 6 nitrogen and oxygen atoms in total. The first-order valence-electron chi connectivity index (χ1n) is 7.16. The predicted molar refractivity (Wildman–Crippen MR) is 91.0 cm³/mol. The average Bonchev–Trinajstić information content (AvgIpc) is 2.49. The first-order chi connectivity index (χ1) is 10.6. The first-order valence-corrected chi connectivity index (χ1v) is 7.54. The molecular formula is C15H21ClN6. The number of hydrogen-bond acceptors (Lipinski definition) is 6. The Balaban J connectivity index is 1.98. The Morgan fingerprint density at radius 3 is 2.86 bits per heavy atom. The summed E-state index contributed by atoms with van der Waals surface area (Å²) in [6.07, 6.45) is 2.60. The molecule has 0 saturated carbocycles. The molecule has 0 fully saturated rings. The SMILES string of the molecule is Cc1c(Cl)cccc1Nc1cnnc(NCCCN(C)C)n1. The van der Waals surface area contributed by atoms with E-state index in [-0.39, 0.29) is 0 Å². The zero-order chi connectivity index (χ0) is 15.9. The van der Waals surface area contributed by atoms with E-state index in [1.54, 1.807) is 6.20 Å². The highest BCUT2D eigenvalue weighted by molar-refractivity contribution is 6.31. The molecule has 2 aromatic rings. The number of hydrogen-bond donors (Lipinski definition) is 2. The van der Waals surface area contributed by atoms with Crippen LogP contribution in [0.2, 0.25) is 5.02 Å². The summed E-state index contributed by atoms with van der Waals surface area (Å²) >= 11 is 6.12. The summed E-state index contributed by atoms with van der Waals surface area (Å²) in [7, 11) is 4.10.